The molecule has 0 spiro atoms. The Hall–Kier alpha value is -3.15. The zero-order valence-electron chi connectivity index (χ0n) is 14.1. The summed E-state index contributed by atoms with van der Waals surface area (Å²) in [5.74, 6) is -0.0622. The van der Waals surface area contributed by atoms with Gasteiger partial charge in [-0.1, -0.05) is 36.0 Å². The summed E-state index contributed by atoms with van der Waals surface area (Å²) in [6.07, 6.45) is 3.26. The van der Waals surface area contributed by atoms with Crippen LogP contribution in [0.3, 0.4) is 0 Å². The van der Waals surface area contributed by atoms with Gasteiger partial charge in [-0.05, 0) is 24.3 Å². The van der Waals surface area contributed by atoms with Crippen molar-refractivity contribution >= 4 is 45.4 Å². The highest BCUT2D eigenvalue weighted by molar-refractivity contribution is 8.04. The maximum absolute atomic E-state index is 12.2. The van der Waals surface area contributed by atoms with Gasteiger partial charge in [-0.25, -0.2) is 4.98 Å². The van der Waals surface area contributed by atoms with Gasteiger partial charge in [-0.2, -0.15) is 5.26 Å². The summed E-state index contributed by atoms with van der Waals surface area (Å²) in [6.45, 7) is 0. The van der Waals surface area contributed by atoms with Crippen LogP contribution in [0.4, 0.5) is 10.8 Å². The normalized spacial score (nSPS) is 11.2. The van der Waals surface area contributed by atoms with Crippen molar-refractivity contribution in [2.24, 2.45) is 0 Å². The fourth-order valence-electron chi connectivity index (χ4n) is 2.14. The fourth-order valence-corrected chi connectivity index (χ4v) is 3.51. The summed E-state index contributed by atoms with van der Waals surface area (Å²) >= 11 is 2.60. The standard InChI is InChI=1S/C19H15N5OS2/c20-12-15(16-8-4-5-9-21-16)18(23-14-6-2-1-3-7-14)27-13-17(25)24-19-22-10-11-26-19/h1-11,23H,13H2,(H,22,24,25)/b18-15+. The van der Waals surface area contributed by atoms with Crippen LogP contribution in [-0.4, -0.2) is 21.6 Å². The second kappa shape index (κ2) is 9.52. The van der Waals surface area contributed by atoms with Crippen LogP contribution in [0.15, 0.2) is 71.3 Å². The molecule has 8 heteroatoms. The second-order valence-corrected chi connectivity index (χ2v) is 7.08. The number of aromatic nitrogens is 2. The molecule has 2 heterocycles. The molecule has 0 atom stereocenters. The van der Waals surface area contributed by atoms with E-state index in [1.54, 1.807) is 29.9 Å². The van der Waals surface area contributed by atoms with Gasteiger partial charge in [0.2, 0.25) is 5.91 Å². The van der Waals surface area contributed by atoms with Crippen molar-refractivity contribution in [1.29, 1.82) is 5.26 Å². The number of nitrogens with one attached hydrogen (secondary N) is 2. The highest BCUT2D eigenvalue weighted by Crippen LogP contribution is 2.27. The Morgan fingerprint density at radius 3 is 2.56 bits per heavy atom. The molecule has 1 amide bonds. The number of nitrogens with zero attached hydrogens (tertiary/aromatic N) is 3. The number of hydrogen-bond donors (Lipinski definition) is 2. The molecule has 6 nitrogen and oxygen atoms in total. The molecule has 1 aromatic carbocycles. The van der Waals surface area contributed by atoms with E-state index in [9.17, 15) is 10.1 Å². The molecule has 0 aliphatic heterocycles. The minimum Gasteiger partial charge on any atom is -0.349 e. The lowest BCUT2D eigenvalue weighted by atomic mass is 10.2. The van der Waals surface area contributed by atoms with E-state index in [2.05, 4.69) is 26.7 Å². The van der Waals surface area contributed by atoms with Gasteiger partial charge in [0.05, 0.1) is 16.5 Å². The van der Waals surface area contributed by atoms with Crippen molar-refractivity contribution in [3.63, 3.8) is 0 Å². The first-order valence-corrected chi connectivity index (χ1v) is 9.83. The zero-order valence-corrected chi connectivity index (χ0v) is 15.8. The number of anilines is 2. The van der Waals surface area contributed by atoms with Crippen LogP contribution in [0, 0.1) is 11.3 Å². The molecule has 2 N–H and O–H groups in total. The van der Waals surface area contributed by atoms with Crippen LogP contribution in [0.5, 0.6) is 0 Å². The highest BCUT2D eigenvalue weighted by atomic mass is 32.2. The number of nitriles is 1. The van der Waals surface area contributed by atoms with Gasteiger partial charge in [0, 0.05) is 23.5 Å². The van der Waals surface area contributed by atoms with Gasteiger partial charge >= 0.3 is 0 Å². The molecule has 0 radical (unpaired) electrons. The van der Waals surface area contributed by atoms with Crippen molar-refractivity contribution in [3.05, 3.63) is 77.0 Å². The number of para-hydroxylation sites is 1. The first-order chi connectivity index (χ1) is 13.3. The lowest BCUT2D eigenvalue weighted by Crippen LogP contribution is -2.15. The van der Waals surface area contributed by atoms with E-state index in [4.69, 9.17) is 0 Å². The van der Waals surface area contributed by atoms with E-state index in [1.807, 2.05) is 36.4 Å². The van der Waals surface area contributed by atoms with Crippen LogP contribution in [0.1, 0.15) is 5.69 Å². The van der Waals surface area contributed by atoms with Gasteiger partial charge in [-0.3, -0.25) is 9.78 Å². The third-order valence-corrected chi connectivity index (χ3v) is 5.01. The number of benzene rings is 1. The lowest BCUT2D eigenvalue weighted by molar-refractivity contribution is -0.113. The molecular formula is C19H15N5OS2. The minimum absolute atomic E-state index is 0.132. The molecule has 0 fully saturated rings. The quantitative estimate of drug-likeness (QED) is 0.584. The van der Waals surface area contributed by atoms with Crippen molar-refractivity contribution in [3.8, 4) is 6.07 Å². The Balaban J connectivity index is 1.82. The number of amides is 1. The summed E-state index contributed by atoms with van der Waals surface area (Å²) < 4.78 is 0. The van der Waals surface area contributed by atoms with Crippen LogP contribution in [0.25, 0.3) is 5.57 Å². The Morgan fingerprint density at radius 2 is 1.89 bits per heavy atom. The number of carbonyl (C=O) groups excluding carboxylic acids is 1. The predicted octanol–water partition coefficient (Wildman–Crippen LogP) is 4.21. The van der Waals surface area contributed by atoms with E-state index in [0.717, 1.165) is 5.69 Å². The van der Waals surface area contributed by atoms with E-state index >= 15 is 0 Å². The molecule has 0 saturated carbocycles. The summed E-state index contributed by atoms with van der Waals surface area (Å²) in [7, 11) is 0. The van der Waals surface area contributed by atoms with Crippen molar-refractivity contribution in [2.45, 2.75) is 0 Å². The van der Waals surface area contributed by atoms with Gasteiger partial charge in [0.25, 0.3) is 0 Å². The highest BCUT2D eigenvalue weighted by Gasteiger charge is 2.14. The molecule has 0 aliphatic carbocycles. The molecule has 0 saturated heterocycles. The molecule has 0 bridgehead atoms. The van der Waals surface area contributed by atoms with Crippen molar-refractivity contribution in [1.82, 2.24) is 9.97 Å². The number of thioether (sulfide) groups is 1. The molecule has 2 aromatic heterocycles. The third kappa shape index (κ3) is 5.41. The van der Waals surface area contributed by atoms with Crippen LogP contribution in [-0.2, 0) is 4.79 Å². The van der Waals surface area contributed by atoms with E-state index in [1.165, 1.54) is 23.1 Å². The van der Waals surface area contributed by atoms with E-state index in [-0.39, 0.29) is 11.7 Å². The number of pyridine rings is 1. The Morgan fingerprint density at radius 1 is 1.07 bits per heavy atom. The average molecular weight is 393 g/mol. The molecule has 3 aromatic rings. The topological polar surface area (TPSA) is 90.7 Å². The van der Waals surface area contributed by atoms with Gasteiger partial charge < -0.3 is 10.6 Å². The van der Waals surface area contributed by atoms with Crippen LogP contribution >= 0.6 is 23.1 Å². The number of allylic oxidation sites excluding steroid dienone is 1. The van der Waals surface area contributed by atoms with E-state index < -0.39 is 0 Å². The molecule has 0 unspecified atom stereocenters. The van der Waals surface area contributed by atoms with Crippen molar-refractivity contribution in [2.75, 3.05) is 16.4 Å². The fraction of sp³-hybridized carbons (Fsp3) is 0.0526. The van der Waals surface area contributed by atoms with Gasteiger partial charge in [0.15, 0.2) is 5.13 Å². The smallest absolute Gasteiger partial charge is 0.236 e. The monoisotopic (exact) mass is 393 g/mol. The second-order valence-electron chi connectivity index (χ2n) is 5.20. The number of carbonyl (C=O) groups is 1. The average Bonchev–Trinajstić information content (AvgIpc) is 3.21. The summed E-state index contributed by atoms with van der Waals surface area (Å²) in [5.41, 5.74) is 1.75. The predicted molar refractivity (Wildman–Crippen MR) is 110 cm³/mol. The molecule has 0 aliphatic rings. The lowest BCUT2D eigenvalue weighted by Gasteiger charge is -2.13. The minimum atomic E-state index is -0.194. The molecular weight excluding hydrogens is 378 g/mol. The maximum Gasteiger partial charge on any atom is 0.236 e. The molecule has 27 heavy (non-hydrogen) atoms. The zero-order chi connectivity index (χ0) is 18.9. The van der Waals surface area contributed by atoms with Gasteiger partial charge in [-0.15, -0.1) is 11.3 Å². The first-order valence-electron chi connectivity index (χ1n) is 7.96. The summed E-state index contributed by atoms with van der Waals surface area (Å²) in [6, 6.07) is 17.1. The van der Waals surface area contributed by atoms with E-state index in [0.29, 0.717) is 21.4 Å². The first kappa shape index (κ1) is 18.6. The number of rotatable bonds is 7. The number of thiazole rings is 1. The SMILES string of the molecule is N#C/C(=C(/Nc1ccccc1)SCC(=O)Nc1nccs1)c1ccccn1. The van der Waals surface area contributed by atoms with Gasteiger partial charge in [0.1, 0.15) is 11.6 Å². The summed E-state index contributed by atoms with van der Waals surface area (Å²) in [4.78, 5) is 20.5. The third-order valence-electron chi connectivity index (χ3n) is 3.32. The Labute approximate surface area is 165 Å². The molecule has 3 rings (SSSR count). The van der Waals surface area contributed by atoms with Crippen LogP contribution < -0.4 is 10.6 Å². The number of hydrogen-bond acceptors (Lipinski definition) is 7. The van der Waals surface area contributed by atoms with Crippen molar-refractivity contribution < 1.29 is 4.79 Å². The Bertz CT molecular complexity index is 951. The largest absolute Gasteiger partial charge is 0.349 e. The summed E-state index contributed by atoms with van der Waals surface area (Å²) in [5, 5.41) is 18.6. The molecule has 134 valence electrons. The Kier molecular flexibility index (Phi) is 6.57. The van der Waals surface area contributed by atoms with Crippen LogP contribution in [0.2, 0.25) is 0 Å². The maximum atomic E-state index is 12.2.